The Bertz CT molecular complexity index is 884. The molecule has 0 saturated carbocycles. The number of hydrogen-bond donors (Lipinski definition) is 1. The summed E-state index contributed by atoms with van der Waals surface area (Å²) in [5.41, 5.74) is 3.98. The van der Waals surface area contributed by atoms with Gasteiger partial charge in [0.15, 0.2) is 17.8 Å². The van der Waals surface area contributed by atoms with E-state index in [2.05, 4.69) is 10.3 Å². The maximum atomic E-state index is 12.6. The van der Waals surface area contributed by atoms with Crippen LogP contribution >= 0.6 is 0 Å². The summed E-state index contributed by atoms with van der Waals surface area (Å²) in [5.74, 6) is 0.782. The zero-order valence-electron chi connectivity index (χ0n) is 13.8. The van der Waals surface area contributed by atoms with Crippen LogP contribution in [0.4, 0.5) is 5.69 Å². The lowest BCUT2D eigenvalue weighted by atomic mass is 10.1. The minimum atomic E-state index is -0.315. The zero-order chi connectivity index (χ0) is 17.1. The molecule has 1 amide bonds. The molecule has 0 aliphatic carbocycles. The number of nitrogens with zero attached hydrogens (tertiary/aromatic N) is 1. The molecule has 2 aromatic carbocycles. The van der Waals surface area contributed by atoms with Crippen molar-refractivity contribution in [3.05, 3.63) is 65.7 Å². The van der Waals surface area contributed by atoms with Crippen LogP contribution in [0.5, 0.6) is 5.75 Å². The summed E-state index contributed by atoms with van der Waals surface area (Å²) in [7, 11) is 1.59. The number of benzene rings is 2. The van der Waals surface area contributed by atoms with Crippen LogP contribution in [-0.4, -0.2) is 18.0 Å². The minimum absolute atomic E-state index is 0.237. The average Bonchev–Trinajstić information content (AvgIpc) is 3.08. The van der Waals surface area contributed by atoms with Crippen LogP contribution in [0.1, 0.15) is 21.6 Å². The Morgan fingerprint density at radius 1 is 1.12 bits per heavy atom. The number of aromatic nitrogens is 1. The Kier molecular flexibility index (Phi) is 4.33. The highest BCUT2D eigenvalue weighted by Gasteiger charge is 2.19. The van der Waals surface area contributed by atoms with Gasteiger partial charge in [-0.2, -0.15) is 0 Å². The van der Waals surface area contributed by atoms with Gasteiger partial charge in [-0.1, -0.05) is 18.2 Å². The van der Waals surface area contributed by atoms with Crippen LogP contribution in [0.15, 0.2) is 53.3 Å². The van der Waals surface area contributed by atoms with Gasteiger partial charge in [-0.3, -0.25) is 4.79 Å². The number of nitrogens with one attached hydrogen (secondary N) is 1. The molecule has 24 heavy (non-hydrogen) atoms. The number of carbonyl (C=O) groups excluding carboxylic acids is 1. The molecule has 1 heterocycles. The van der Waals surface area contributed by atoms with Crippen LogP contribution in [0.3, 0.4) is 0 Å². The first-order valence-corrected chi connectivity index (χ1v) is 7.55. The summed E-state index contributed by atoms with van der Waals surface area (Å²) in [6, 6.07) is 13.1. The second kappa shape index (κ2) is 6.58. The van der Waals surface area contributed by atoms with Gasteiger partial charge in [-0.25, -0.2) is 4.98 Å². The van der Waals surface area contributed by atoms with Crippen LogP contribution in [-0.2, 0) is 0 Å². The second-order valence-corrected chi connectivity index (χ2v) is 5.52. The van der Waals surface area contributed by atoms with Gasteiger partial charge in [0.1, 0.15) is 5.75 Å². The molecule has 1 N–H and O–H groups in total. The Hall–Kier alpha value is -3.08. The van der Waals surface area contributed by atoms with Gasteiger partial charge in [-0.15, -0.1) is 0 Å². The molecular formula is C19H18N2O3. The summed E-state index contributed by atoms with van der Waals surface area (Å²) in [4.78, 5) is 16.6. The smallest absolute Gasteiger partial charge is 0.278 e. The van der Waals surface area contributed by atoms with E-state index in [1.165, 1.54) is 12.0 Å². The van der Waals surface area contributed by atoms with Gasteiger partial charge in [0.2, 0.25) is 0 Å². The molecule has 0 atom stereocenters. The first-order chi connectivity index (χ1) is 11.6. The number of anilines is 1. The Morgan fingerprint density at radius 2 is 1.96 bits per heavy atom. The average molecular weight is 322 g/mol. The number of ether oxygens (including phenoxy) is 1. The summed E-state index contributed by atoms with van der Waals surface area (Å²) in [6.07, 6.45) is 1.27. The van der Waals surface area contributed by atoms with Crippen molar-refractivity contribution in [1.82, 2.24) is 4.98 Å². The third-order valence-electron chi connectivity index (χ3n) is 3.88. The second-order valence-electron chi connectivity index (χ2n) is 5.52. The molecule has 5 nitrogen and oxygen atoms in total. The molecule has 5 heteroatoms. The van der Waals surface area contributed by atoms with Gasteiger partial charge < -0.3 is 14.5 Å². The standard InChI is InChI=1S/C19H18N2O3/c1-12-7-8-15(9-13(12)2)21-19(22)17-18(24-11-20-17)14-5-4-6-16(10-14)23-3/h4-11H,1-3H3,(H,21,22). The van der Waals surface area contributed by atoms with Gasteiger partial charge in [0.05, 0.1) is 7.11 Å². The fourth-order valence-electron chi connectivity index (χ4n) is 2.39. The quantitative estimate of drug-likeness (QED) is 0.781. The Balaban J connectivity index is 1.88. The van der Waals surface area contributed by atoms with E-state index in [4.69, 9.17) is 9.15 Å². The van der Waals surface area contributed by atoms with Crippen LogP contribution in [0, 0.1) is 13.8 Å². The fourth-order valence-corrected chi connectivity index (χ4v) is 2.39. The van der Waals surface area contributed by atoms with Crippen LogP contribution in [0.25, 0.3) is 11.3 Å². The number of methoxy groups -OCH3 is 1. The maximum absolute atomic E-state index is 12.6. The molecule has 0 spiro atoms. The van der Waals surface area contributed by atoms with Crippen molar-refractivity contribution in [1.29, 1.82) is 0 Å². The SMILES string of the molecule is COc1cccc(-c2ocnc2C(=O)Nc2ccc(C)c(C)c2)c1. The maximum Gasteiger partial charge on any atom is 0.278 e. The predicted octanol–water partition coefficient (Wildman–Crippen LogP) is 4.22. The largest absolute Gasteiger partial charge is 0.497 e. The topological polar surface area (TPSA) is 64.4 Å². The van der Waals surface area contributed by atoms with E-state index in [0.29, 0.717) is 11.5 Å². The molecular weight excluding hydrogens is 304 g/mol. The van der Waals surface area contributed by atoms with Gasteiger partial charge >= 0.3 is 0 Å². The van der Waals surface area contributed by atoms with Gasteiger partial charge in [-0.05, 0) is 49.2 Å². The summed E-state index contributed by atoms with van der Waals surface area (Å²) >= 11 is 0. The molecule has 0 fully saturated rings. The van der Waals surface area contributed by atoms with E-state index in [9.17, 15) is 4.79 Å². The lowest BCUT2D eigenvalue weighted by Gasteiger charge is -2.07. The van der Waals surface area contributed by atoms with E-state index < -0.39 is 0 Å². The number of aryl methyl sites for hydroxylation is 2. The van der Waals surface area contributed by atoms with Crippen molar-refractivity contribution in [2.75, 3.05) is 12.4 Å². The molecule has 0 aliphatic rings. The third-order valence-corrected chi connectivity index (χ3v) is 3.88. The predicted molar refractivity (Wildman–Crippen MR) is 92.4 cm³/mol. The molecule has 0 bridgehead atoms. The highest BCUT2D eigenvalue weighted by molar-refractivity contribution is 6.06. The van der Waals surface area contributed by atoms with E-state index in [1.54, 1.807) is 13.2 Å². The van der Waals surface area contributed by atoms with Gasteiger partial charge in [0, 0.05) is 11.3 Å². The van der Waals surface area contributed by atoms with Crippen molar-refractivity contribution in [3.8, 4) is 17.1 Å². The number of hydrogen-bond acceptors (Lipinski definition) is 4. The number of oxazole rings is 1. The highest BCUT2D eigenvalue weighted by Crippen LogP contribution is 2.27. The van der Waals surface area contributed by atoms with E-state index >= 15 is 0 Å². The molecule has 3 rings (SSSR count). The first kappa shape index (κ1) is 15.8. The Morgan fingerprint density at radius 3 is 2.71 bits per heavy atom. The van der Waals surface area contributed by atoms with Crippen molar-refractivity contribution < 1.29 is 13.9 Å². The summed E-state index contributed by atoms with van der Waals surface area (Å²) < 4.78 is 10.6. The molecule has 0 saturated heterocycles. The first-order valence-electron chi connectivity index (χ1n) is 7.55. The Labute approximate surface area is 140 Å². The lowest BCUT2D eigenvalue weighted by Crippen LogP contribution is -2.13. The summed E-state index contributed by atoms with van der Waals surface area (Å²) in [6.45, 7) is 4.03. The van der Waals surface area contributed by atoms with Crippen LogP contribution in [0.2, 0.25) is 0 Å². The van der Waals surface area contributed by atoms with Gasteiger partial charge in [0.25, 0.3) is 5.91 Å². The molecule has 122 valence electrons. The van der Waals surface area contributed by atoms with E-state index in [-0.39, 0.29) is 11.6 Å². The minimum Gasteiger partial charge on any atom is -0.497 e. The fraction of sp³-hybridized carbons (Fsp3) is 0.158. The number of amides is 1. The molecule has 0 aliphatic heterocycles. The van der Waals surface area contributed by atoms with Crippen molar-refractivity contribution in [2.24, 2.45) is 0 Å². The molecule has 3 aromatic rings. The molecule has 0 radical (unpaired) electrons. The summed E-state index contributed by atoms with van der Waals surface area (Å²) in [5, 5.41) is 2.86. The van der Waals surface area contributed by atoms with E-state index in [0.717, 1.165) is 16.8 Å². The molecule has 1 aromatic heterocycles. The normalized spacial score (nSPS) is 10.5. The van der Waals surface area contributed by atoms with Crippen molar-refractivity contribution in [2.45, 2.75) is 13.8 Å². The zero-order valence-corrected chi connectivity index (χ0v) is 13.8. The van der Waals surface area contributed by atoms with E-state index in [1.807, 2.05) is 50.2 Å². The highest BCUT2D eigenvalue weighted by atomic mass is 16.5. The van der Waals surface area contributed by atoms with Crippen molar-refractivity contribution >= 4 is 11.6 Å². The van der Waals surface area contributed by atoms with Crippen molar-refractivity contribution in [3.63, 3.8) is 0 Å². The molecule has 0 unspecified atom stereocenters. The number of rotatable bonds is 4. The number of carbonyl (C=O) groups is 1. The lowest BCUT2D eigenvalue weighted by molar-refractivity contribution is 0.102. The van der Waals surface area contributed by atoms with Crippen LogP contribution < -0.4 is 10.1 Å². The monoisotopic (exact) mass is 322 g/mol. The third kappa shape index (κ3) is 3.15.